The van der Waals surface area contributed by atoms with Crippen LogP contribution >= 0.6 is 0 Å². The molecule has 5 rings (SSSR count). The van der Waals surface area contributed by atoms with E-state index in [0.717, 1.165) is 17.7 Å². The molecule has 0 bridgehead atoms. The van der Waals surface area contributed by atoms with Gasteiger partial charge in [0.15, 0.2) is 5.65 Å². The van der Waals surface area contributed by atoms with E-state index in [0.29, 0.717) is 48.1 Å². The van der Waals surface area contributed by atoms with Crippen molar-refractivity contribution in [2.24, 2.45) is 0 Å². The van der Waals surface area contributed by atoms with Gasteiger partial charge in [-0.2, -0.15) is 18.3 Å². The second kappa shape index (κ2) is 9.76. The molecular weight excluding hydrogens is 523 g/mol. The zero-order valence-electron chi connectivity index (χ0n) is 22.9. The zero-order chi connectivity index (χ0) is 29.0. The van der Waals surface area contributed by atoms with E-state index in [1.807, 2.05) is 27.7 Å². The molecule has 1 fully saturated rings. The van der Waals surface area contributed by atoms with Gasteiger partial charge in [0, 0.05) is 37.0 Å². The molecule has 1 aliphatic heterocycles. The molecule has 210 valence electrons. The Morgan fingerprint density at radius 3 is 2.30 bits per heavy atom. The molecule has 1 aliphatic rings. The number of imidazole rings is 2. The summed E-state index contributed by atoms with van der Waals surface area (Å²) in [5.41, 5.74) is 1.45. The van der Waals surface area contributed by atoms with Crippen LogP contribution in [-0.4, -0.2) is 71.4 Å². The molecule has 3 aromatic heterocycles. The summed E-state index contributed by atoms with van der Waals surface area (Å²) in [4.78, 5) is 41.8. The summed E-state index contributed by atoms with van der Waals surface area (Å²) in [7, 11) is 0. The van der Waals surface area contributed by atoms with Crippen molar-refractivity contribution in [1.29, 1.82) is 0 Å². The normalized spacial score (nSPS) is 15.7. The largest absolute Gasteiger partial charge is 0.416 e. The van der Waals surface area contributed by atoms with Crippen molar-refractivity contribution < 1.29 is 22.8 Å². The Labute approximate surface area is 229 Å². The van der Waals surface area contributed by atoms with Crippen molar-refractivity contribution in [3.05, 3.63) is 71.1 Å². The molecule has 0 radical (unpaired) electrons. The molecule has 0 aliphatic carbocycles. The smallest absolute Gasteiger partial charge is 0.348 e. The number of aromatic nitrogens is 5. The lowest BCUT2D eigenvalue weighted by atomic mass is 9.98. The van der Waals surface area contributed by atoms with Gasteiger partial charge in [-0.3, -0.25) is 9.59 Å². The summed E-state index contributed by atoms with van der Waals surface area (Å²) in [6, 6.07) is 6.63. The number of alkyl halides is 3. The van der Waals surface area contributed by atoms with Crippen LogP contribution in [0.3, 0.4) is 0 Å². The summed E-state index contributed by atoms with van der Waals surface area (Å²) in [5, 5.41) is 4.58. The van der Waals surface area contributed by atoms with E-state index < -0.39 is 17.3 Å². The number of benzene rings is 1. The number of nitrogens with zero attached hydrogens (tertiary/aromatic N) is 6. The van der Waals surface area contributed by atoms with Crippen molar-refractivity contribution in [1.82, 2.24) is 34.4 Å². The second-order valence-electron chi connectivity index (χ2n) is 11.0. The molecule has 9 nitrogen and oxygen atoms in total. The van der Waals surface area contributed by atoms with Gasteiger partial charge < -0.3 is 14.8 Å². The Bertz CT molecular complexity index is 1590. The van der Waals surface area contributed by atoms with Gasteiger partial charge in [-0.25, -0.2) is 14.5 Å². The quantitative estimate of drug-likeness (QED) is 0.386. The fraction of sp³-hybridized carbons (Fsp3) is 0.393. The number of amides is 2. The lowest BCUT2D eigenvalue weighted by molar-refractivity contribution is -0.137. The number of aromatic amines is 1. The maximum atomic E-state index is 13.7. The first-order valence-corrected chi connectivity index (χ1v) is 13.0. The minimum atomic E-state index is -4.43. The van der Waals surface area contributed by atoms with Crippen LogP contribution in [0.4, 0.5) is 13.2 Å². The predicted molar refractivity (Wildman–Crippen MR) is 142 cm³/mol. The number of fused-ring (bicyclic) bond motifs is 1. The molecule has 4 aromatic rings. The average molecular weight is 554 g/mol. The standard InChI is InChI=1S/C28H30F3N7O2/c1-16(2)20-12-21(18-6-8-19(9-7-18)28(29,30)31)35-38-14-23(34-24(20)38)26(40)37-11-10-36(15-27(37,4)5)25(39)22-13-32-17(3)33-22/h6-9,12-14,16H,10-11,15H2,1-5H3,(H,32,33). The fourth-order valence-corrected chi connectivity index (χ4v) is 5.03. The molecule has 0 spiro atoms. The lowest BCUT2D eigenvalue weighted by Gasteiger charge is -2.46. The van der Waals surface area contributed by atoms with Crippen molar-refractivity contribution in [2.45, 2.75) is 52.3 Å². The molecule has 40 heavy (non-hydrogen) atoms. The van der Waals surface area contributed by atoms with Crippen LogP contribution in [-0.2, 0) is 6.18 Å². The molecule has 12 heteroatoms. The first kappa shape index (κ1) is 27.4. The van der Waals surface area contributed by atoms with E-state index in [1.54, 1.807) is 35.2 Å². The number of rotatable bonds is 4. The van der Waals surface area contributed by atoms with Crippen LogP contribution in [0, 0.1) is 6.92 Å². The third-order valence-electron chi connectivity index (χ3n) is 7.16. The number of hydrogen-bond acceptors (Lipinski definition) is 5. The van der Waals surface area contributed by atoms with Crippen LogP contribution in [0.2, 0.25) is 0 Å². The van der Waals surface area contributed by atoms with Gasteiger partial charge in [0.2, 0.25) is 0 Å². The van der Waals surface area contributed by atoms with Gasteiger partial charge in [-0.1, -0.05) is 26.0 Å². The van der Waals surface area contributed by atoms with E-state index in [2.05, 4.69) is 20.1 Å². The number of nitrogens with one attached hydrogen (secondary N) is 1. The van der Waals surface area contributed by atoms with Crippen molar-refractivity contribution >= 4 is 17.5 Å². The molecule has 0 unspecified atom stereocenters. The van der Waals surface area contributed by atoms with Gasteiger partial charge in [0.05, 0.1) is 23.0 Å². The van der Waals surface area contributed by atoms with Crippen LogP contribution in [0.25, 0.3) is 16.9 Å². The van der Waals surface area contributed by atoms with E-state index >= 15 is 0 Å². The van der Waals surface area contributed by atoms with Crippen molar-refractivity contribution in [3.8, 4) is 11.3 Å². The van der Waals surface area contributed by atoms with Crippen molar-refractivity contribution in [2.75, 3.05) is 19.6 Å². The van der Waals surface area contributed by atoms with Crippen molar-refractivity contribution in [3.63, 3.8) is 0 Å². The van der Waals surface area contributed by atoms with Crippen LogP contribution in [0.15, 0.2) is 42.7 Å². The molecule has 0 saturated carbocycles. The second-order valence-corrected chi connectivity index (χ2v) is 11.0. The highest BCUT2D eigenvalue weighted by Crippen LogP contribution is 2.32. The van der Waals surface area contributed by atoms with Crippen LogP contribution in [0.5, 0.6) is 0 Å². The number of aryl methyl sites for hydroxylation is 1. The molecule has 4 heterocycles. The average Bonchev–Trinajstić information content (AvgIpc) is 3.52. The molecule has 2 amide bonds. The number of piperazine rings is 1. The van der Waals surface area contributed by atoms with Gasteiger partial charge in [-0.05, 0) is 44.9 Å². The maximum Gasteiger partial charge on any atom is 0.416 e. The highest BCUT2D eigenvalue weighted by Gasteiger charge is 2.40. The Morgan fingerprint density at radius 1 is 1.02 bits per heavy atom. The van der Waals surface area contributed by atoms with E-state index in [4.69, 9.17) is 0 Å². The summed E-state index contributed by atoms with van der Waals surface area (Å²) >= 11 is 0. The zero-order valence-corrected chi connectivity index (χ0v) is 22.9. The highest BCUT2D eigenvalue weighted by atomic mass is 19.4. The van der Waals surface area contributed by atoms with E-state index in [9.17, 15) is 22.8 Å². The number of halogens is 3. The SMILES string of the molecule is Cc1nc(C(=O)N2CCN(C(=O)c3cn4nc(-c5ccc(C(F)(F)F)cc5)cc(C(C)C)c4n3)C(C)(C)C2)c[nH]1. The Balaban J connectivity index is 1.43. The van der Waals surface area contributed by atoms with Crippen LogP contribution < -0.4 is 0 Å². The predicted octanol–water partition coefficient (Wildman–Crippen LogP) is 4.95. The number of H-pyrrole nitrogens is 1. The minimum Gasteiger partial charge on any atom is -0.348 e. The minimum absolute atomic E-state index is 0.0146. The fourth-order valence-electron chi connectivity index (χ4n) is 5.03. The van der Waals surface area contributed by atoms with E-state index in [1.165, 1.54) is 16.6 Å². The summed E-state index contributed by atoms with van der Waals surface area (Å²) < 4.78 is 40.6. The van der Waals surface area contributed by atoms with Gasteiger partial charge in [0.25, 0.3) is 11.8 Å². The van der Waals surface area contributed by atoms with Gasteiger partial charge in [0.1, 0.15) is 17.2 Å². The molecular formula is C28H30F3N7O2. The first-order valence-electron chi connectivity index (χ1n) is 13.0. The number of carbonyl (C=O) groups is 2. The third-order valence-corrected chi connectivity index (χ3v) is 7.16. The molecule has 1 N–H and O–H groups in total. The topological polar surface area (TPSA) is 99.5 Å². The summed E-state index contributed by atoms with van der Waals surface area (Å²) in [6.45, 7) is 10.5. The van der Waals surface area contributed by atoms with E-state index in [-0.39, 0.29) is 23.4 Å². The maximum absolute atomic E-state index is 13.7. The monoisotopic (exact) mass is 553 g/mol. The number of carbonyl (C=O) groups excluding carboxylic acids is 2. The molecule has 0 atom stereocenters. The Hall–Kier alpha value is -4.22. The number of hydrogen-bond donors (Lipinski definition) is 1. The highest BCUT2D eigenvalue weighted by molar-refractivity contribution is 5.95. The first-order chi connectivity index (χ1) is 18.7. The molecule has 1 aromatic carbocycles. The lowest BCUT2D eigenvalue weighted by Crippen LogP contribution is -2.62. The van der Waals surface area contributed by atoms with Crippen LogP contribution in [0.1, 0.15) is 71.5 Å². The third kappa shape index (κ3) is 5.05. The van der Waals surface area contributed by atoms with Gasteiger partial charge >= 0.3 is 6.18 Å². The summed E-state index contributed by atoms with van der Waals surface area (Å²) in [6.07, 6.45) is -1.29. The molecule has 1 saturated heterocycles. The summed E-state index contributed by atoms with van der Waals surface area (Å²) in [5.74, 6) is 0.183. The Kier molecular flexibility index (Phi) is 6.67. The van der Waals surface area contributed by atoms with Gasteiger partial charge in [-0.15, -0.1) is 0 Å². The Morgan fingerprint density at radius 2 is 1.73 bits per heavy atom.